The van der Waals surface area contributed by atoms with Crippen LogP contribution in [0.2, 0.25) is 0 Å². The van der Waals surface area contributed by atoms with Crippen LogP contribution in [0.5, 0.6) is 0 Å². The lowest BCUT2D eigenvalue weighted by Crippen LogP contribution is -1.81. The Morgan fingerprint density at radius 2 is 1.47 bits per heavy atom. The quantitative estimate of drug-likeness (QED) is 0.625. The van der Waals surface area contributed by atoms with Crippen LogP contribution in [0, 0.1) is 5.92 Å². The molecule has 2 nitrogen and oxygen atoms in total. The Balaban J connectivity index is 0. The normalized spacial score (nSPS) is 8.24. The van der Waals surface area contributed by atoms with E-state index in [1.165, 1.54) is 0 Å². The molecule has 0 unspecified atom stereocenters. The zero-order valence-electron chi connectivity index (χ0n) is 12.4. The lowest BCUT2D eigenvalue weighted by molar-refractivity contribution is 0.737. The van der Waals surface area contributed by atoms with Crippen LogP contribution in [0.3, 0.4) is 0 Å². The van der Waals surface area contributed by atoms with Crippen molar-refractivity contribution in [3.05, 3.63) is 36.7 Å². The zero-order valence-corrected chi connectivity index (χ0v) is 12.4. The van der Waals surface area contributed by atoms with Crippen molar-refractivity contribution in [3.8, 4) is 0 Å². The summed E-state index contributed by atoms with van der Waals surface area (Å²) in [4.78, 5) is 0. The van der Waals surface area contributed by atoms with Crippen molar-refractivity contribution in [2.45, 2.75) is 48.5 Å². The van der Waals surface area contributed by atoms with Crippen molar-refractivity contribution in [1.29, 1.82) is 0 Å². The number of fused-ring (bicyclic) bond motifs is 1. The van der Waals surface area contributed by atoms with E-state index in [2.05, 4.69) is 25.9 Å². The number of pyridine rings is 1. The van der Waals surface area contributed by atoms with E-state index in [1.807, 2.05) is 62.7 Å². The Morgan fingerprint density at radius 3 is 1.94 bits per heavy atom. The third-order valence-corrected chi connectivity index (χ3v) is 1.31. The van der Waals surface area contributed by atoms with Crippen LogP contribution >= 0.6 is 0 Å². The SMILES string of the molecule is CC.CC.CC(C)C.c1ccn2nccc2c1. The second kappa shape index (κ2) is 12.8. The van der Waals surface area contributed by atoms with E-state index >= 15 is 0 Å². The van der Waals surface area contributed by atoms with Gasteiger partial charge in [0.25, 0.3) is 0 Å². The van der Waals surface area contributed by atoms with Gasteiger partial charge in [0, 0.05) is 12.4 Å². The fourth-order valence-electron chi connectivity index (χ4n) is 0.866. The Labute approximate surface area is 107 Å². The second-order valence-electron chi connectivity index (χ2n) is 3.63. The molecule has 0 saturated carbocycles. The lowest BCUT2D eigenvalue weighted by Gasteiger charge is -1.86. The largest absolute Gasteiger partial charge is 0.241 e. The number of hydrogen-bond acceptors (Lipinski definition) is 1. The number of nitrogens with zero attached hydrogens (tertiary/aromatic N) is 2. The van der Waals surface area contributed by atoms with Crippen molar-refractivity contribution < 1.29 is 0 Å². The molecule has 2 aromatic rings. The third-order valence-electron chi connectivity index (χ3n) is 1.31. The van der Waals surface area contributed by atoms with E-state index in [4.69, 9.17) is 0 Å². The molecule has 0 atom stereocenters. The Hall–Kier alpha value is -1.31. The third kappa shape index (κ3) is 9.61. The van der Waals surface area contributed by atoms with Crippen LogP contribution in [-0.2, 0) is 0 Å². The van der Waals surface area contributed by atoms with Crippen LogP contribution in [0.25, 0.3) is 5.52 Å². The summed E-state index contributed by atoms with van der Waals surface area (Å²) in [5.41, 5.74) is 1.14. The number of rotatable bonds is 0. The van der Waals surface area contributed by atoms with Crippen LogP contribution in [0.15, 0.2) is 36.7 Å². The number of aromatic nitrogens is 2. The molecule has 0 fully saturated rings. The van der Waals surface area contributed by atoms with Crippen LogP contribution in [0.4, 0.5) is 0 Å². The molecule has 0 aromatic carbocycles. The molecule has 2 heterocycles. The summed E-state index contributed by atoms with van der Waals surface area (Å²) in [5, 5.41) is 4.04. The topological polar surface area (TPSA) is 17.3 Å². The molecule has 0 amide bonds. The van der Waals surface area contributed by atoms with Crippen LogP contribution in [-0.4, -0.2) is 9.61 Å². The fourth-order valence-corrected chi connectivity index (χ4v) is 0.866. The predicted octanol–water partition coefficient (Wildman–Crippen LogP) is 5.05. The molecule has 2 rings (SSSR count). The minimum atomic E-state index is 0.833. The zero-order chi connectivity index (χ0) is 13.7. The minimum Gasteiger partial charge on any atom is -0.241 e. The van der Waals surface area contributed by atoms with Gasteiger partial charge < -0.3 is 0 Å². The minimum absolute atomic E-state index is 0.833. The van der Waals surface area contributed by atoms with Gasteiger partial charge in [0.2, 0.25) is 0 Å². The Bertz CT molecular complexity index is 317. The predicted molar refractivity (Wildman–Crippen MR) is 78.4 cm³/mol. The molecule has 2 heteroatoms. The molecule has 0 bridgehead atoms. The number of hydrogen-bond donors (Lipinski definition) is 0. The summed E-state index contributed by atoms with van der Waals surface area (Å²) in [6.45, 7) is 14.5. The first-order valence-corrected chi connectivity index (χ1v) is 6.58. The Kier molecular flexibility index (Phi) is 13.6. The van der Waals surface area contributed by atoms with Gasteiger partial charge in [-0.15, -0.1) is 0 Å². The highest BCUT2D eigenvalue weighted by molar-refractivity contribution is 5.44. The molecule has 0 aliphatic carbocycles. The van der Waals surface area contributed by atoms with Gasteiger partial charge in [0.1, 0.15) is 0 Å². The summed E-state index contributed by atoms with van der Waals surface area (Å²) in [5.74, 6) is 0.833. The van der Waals surface area contributed by atoms with Crippen molar-refractivity contribution in [2.75, 3.05) is 0 Å². The first-order valence-electron chi connectivity index (χ1n) is 6.58. The molecular formula is C15H28N2. The smallest absolute Gasteiger partial charge is 0.0661 e. The molecule has 17 heavy (non-hydrogen) atoms. The average molecular weight is 236 g/mol. The molecular weight excluding hydrogens is 208 g/mol. The molecule has 98 valence electrons. The highest BCUT2D eigenvalue weighted by Crippen LogP contribution is 1.98. The van der Waals surface area contributed by atoms with Gasteiger partial charge in [-0.3, -0.25) is 0 Å². The highest BCUT2D eigenvalue weighted by atomic mass is 15.2. The Morgan fingerprint density at radius 1 is 0.941 bits per heavy atom. The molecule has 0 aliphatic rings. The van der Waals surface area contributed by atoms with E-state index in [0.29, 0.717) is 0 Å². The van der Waals surface area contributed by atoms with Gasteiger partial charge in [-0.1, -0.05) is 54.5 Å². The van der Waals surface area contributed by atoms with Gasteiger partial charge in [0.15, 0.2) is 0 Å². The molecule has 0 N–H and O–H groups in total. The van der Waals surface area contributed by atoms with E-state index in [-0.39, 0.29) is 0 Å². The van der Waals surface area contributed by atoms with Gasteiger partial charge in [-0.05, 0) is 24.1 Å². The summed E-state index contributed by atoms with van der Waals surface area (Å²) in [6.07, 6.45) is 3.71. The molecule has 0 aliphatic heterocycles. The molecule has 2 aromatic heterocycles. The maximum absolute atomic E-state index is 4.04. The summed E-state index contributed by atoms with van der Waals surface area (Å²) >= 11 is 0. The maximum Gasteiger partial charge on any atom is 0.0661 e. The van der Waals surface area contributed by atoms with E-state index in [9.17, 15) is 0 Å². The molecule has 0 radical (unpaired) electrons. The van der Waals surface area contributed by atoms with Gasteiger partial charge in [-0.25, -0.2) is 4.52 Å². The monoisotopic (exact) mass is 236 g/mol. The van der Waals surface area contributed by atoms with E-state index in [1.54, 1.807) is 6.20 Å². The van der Waals surface area contributed by atoms with Gasteiger partial charge in [-0.2, -0.15) is 5.10 Å². The molecule has 0 spiro atoms. The van der Waals surface area contributed by atoms with Gasteiger partial charge >= 0.3 is 0 Å². The highest BCUT2D eigenvalue weighted by Gasteiger charge is 1.85. The average Bonchev–Trinajstić information content (AvgIpc) is 2.81. The summed E-state index contributed by atoms with van der Waals surface area (Å²) < 4.78 is 1.83. The fraction of sp³-hybridized carbons (Fsp3) is 0.533. The lowest BCUT2D eigenvalue weighted by atomic mass is 10.3. The first-order chi connectivity index (χ1) is 8.20. The molecule has 0 saturated heterocycles. The van der Waals surface area contributed by atoms with E-state index < -0.39 is 0 Å². The van der Waals surface area contributed by atoms with Gasteiger partial charge in [0.05, 0.1) is 5.52 Å². The second-order valence-corrected chi connectivity index (χ2v) is 3.63. The van der Waals surface area contributed by atoms with E-state index in [0.717, 1.165) is 11.4 Å². The van der Waals surface area contributed by atoms with Crippen molar-refractivity contribution >= 4 is 5.52 Å². The van der Waals surface area contributed by atoms with Crippen molar-refractivity contribution in [2.24, 2.45) is 5.92 Å². The van der Waals surface area contributed by atoms with Crippen LogP contribution in [0.1, 0.15) is 48.5 Å². The first kappa shape index (κ1) is 18.1. The van der Waals surface area contributed by atoms with Crippen LogP contribution < -0.4 is 0 Å². The van der Waals surface area contributed by atoms with Crippen molar-refractivity contribution in [1.82, 2.24) is 9.61 Å². The standard InChI is InChI=1S/C7H6N2.C4H10.2C2H6/c1-2-6-9-7(3-1)4-5-8-9;1-4(2)3;2*1-2/h1-6H;4H,1-3H3;2*1-2H3. The maximum atomic E-state index is 4.04. The summed E-state index contributed by atoms with van der Waals surface area (Å²) in [7, 11) is 0. The summed E-state index contributed by atoms with van der Waals surface area (Å²) in [6, 6.07) is 7.95. The van der Waals surface area contributed by atoms with Crippen molar-refractivity contribution in [3.63, 3.8) is 0 Å².